The zero-order valence-electron chi connectivity index (χ0n) is 6.35. The molecule has 0 aromatic carbocycles. The normalized spacial score (nSPS) is 18.2. The summed E-state index contributed by atoms with van der Waals surface area (Å²) in [4.78, 5) is 7.54. The van der Waals surface area contributed by atoms with Crippen LogP contribution in [0.5, 0.6) is 0 Å². The lowest BCUT2D eigenvalue weighted by Gasteiger charge is -2.03. The zero-order valence-corrected chi connectivity index (χ0v) is 7.98. The van der Waals surface area contributed by atoms with Gasteiger partial charge in [-0.05, 0) is 0 Å². The Hall–Kier alpha value is -0.990. The molecule has 6 nitrogen and oxygen atoms in total. The molecule has 0 aliphatic carbocycles. The first-order valence-electron chi connectivity index (χ1n) is 3.39. The van der Waals surface area contributed by atoms with Gasteiger partial charge in [0.05, 0.1) is 6.67 Å². The molecule has 0 amide bonds. The number of hydrogen-bond acceptors (Lipinski definition) is 6. The Kier molecular flexibility index (Phi) is 1.82. The molecule has 8 heteroatoms. The Morgan fingerprint density at radius 2 is 2.31 bits per heavy atom. The van der Waals surface area contributed by atoms with E-state index in [4.69, 9.17) is 4.55 Å². The third kappa shape index (κ3) is 1.43. The van der Waals surface area contributed by atoms with Gasteiger partial charge in [0.15, 0.2) is 19.6 Å². The van der Waals surface area contributed by atoms with Gasteiger partial charge in [-0.25, -0.2) is 14.2 Å². The predicted octanol–water partition coefficient (Wildman–Crippen LogP) is -0.150. The van der Waals surface area contributed by atoms with Crippen LogP contribution < -0.4 is 10.6 Å². The van der Waals surface area contributed by atoms with Crippen LogP contribution in [0.25, 0.3) is 0 Å². The van der Waals surface area contributed by atoms with Crippen molar-refractivity contribution < 1.29 is 8.76 Å². The molecule has 1 aliphatic rings. The van der Waals surface area contributed by atoms with Gasteiger partial charge in [-0.2, -0.15) is 0 Å². The van der Waals surface area contributed by atoms with Gasteiger partial charge < -0.3 is 15.2 Å². The van der Waals surface area contributed by atoms with E-state index in [1.807, 2.05) is 0 Å². The molecule has 1 aromatic heterocycles. The van der Waals surface area contributed by atoms with Crippen LogP contribution in [0.1, 0.15) is 0 Å². The molecule has 1 unspecified atom stereocenters. The number of nitrogens with zero attached hydrogens (tertiary/aromatic N) is 2. The SMILES string of the molecule is O=S(O)(=S)c1ncnc2c1NCN2. The van der Waals surface area contributed by atoms with Gasteiger partial charge in [0.1, 0.15) is 12.0 Å². The van der Waals surface area contributed by atoms with Crippen LogP contribution in [0.3, 0.4) is 0 Å². The number of anilines is 2. The van der Waals surface area contributed by atoms with Crippen molar-refractivity contribution in [2.75, 3.05) is 17.3 Å². The second-order valence-electron chi connectivity index (χ2n) is 2.41. The van der Waals surface area contributed by atoms with Crippen LogP contribution in [0.4, 0.5) is 11.5 Å². The fourth-order valence-corrected chi connectivity index (χ4v) is 2.06. The second kappa shape index (κ2) is 2.76. The Labute approximate surface area is 79.3 Å². The van der Waals surface area contributed by atoms with Crippen molar-refractivity contribution in [3.63, 3.8) is 0 Å². The fraction of sp³-hybridized carbons (Fsp3) is 0.200. The van der Waals surface area contributed by atoms with Crippen molar-refractivity contribution in [2.45, 2.75) is 5.03 Å². The lowest BCUT2D eigenvalue weighted by atomic mass is 10.5. The van der Waals surface area contributed by atoms with Crippen molar-refractivity contribution in [2.24, 2.45) is 0 Å². The van der Waals surface area contributed by atoms with E-state index in [2.05, 4.69) is 31.8 Å². The van der Waals surface area contributed by atoms with Crippen LogP contribution >= 0.6 is 0 Å². The van der Waals surface area contributed by atoms with Crippen molar-refractivity contribution in [3.8, 4) is 0 Å². The molecule has 2 heterocycles. The summed E-state index contributed by atoms with van der Waals surface area (Å²) < 4.78 is 20.3. The Morgan fingerprint density at radius 3 is 3.00 bits per heavy atom. The van der Waals surface area contributed by atoms with E-state index in [-0.39, 0.29) is 5.03 Å². The summed E-state index contributed by atoms with van der Waals surface area (Å²) in [6.07, 6.45) is 1.20. The largest absolute Gasteiger partial charge is 0.363 e. The minimum atomic E-state index is -3.45. The number of fused-ring (bicyclic) bond motifs is 1. The molecule has 0 radical (unpaired) electrons. The molecule has 1 aromatic rings. The van der Waals surface area contributed by atoms with Gasteiger partial charge in [-0.15, -0.1) is 0 Å². The van der Waals surface area contributed by atoms with Crippen molar-refractivity contribution in [1.29, 1.82) is 0 Å². The van der Waals surface area contributed by atoms with E-state index in [0.29, 0.717) is 18.2 Å². The highest BCUT2D eigenvalue weighted by Gasteiger charge is 2.21. The van der Waals surface area contributed by atoms with Crippen LogP contribution in [0.15, 0.2) is 11.4 Å². The zero-order chi connectivity index (χ0) is 9.47. The average molecular weight is 218 g/mol. The molecule has 70 valence electrons. The maximum Gasteiger partial charge on any atom is 0.191 e. The van der Waals surface area contributed by atoms with E-state index in [1.54, 1.807) is 0 Å². The van der Waals surface area contributed by atoms with Crippen LogP contribution in [-0.2, 0) is 20.0 Å². The fourth-order valence-electron chi connectivity index (χ4n) is 1.07. The number of aromatic nitrogens is 2. The molecule has 1 atom stereocenters. The molecular formula is C5H6N4O2S2. The highest BCUT2D eigenvalue weighted by atomic mass is 32.8. The third-order valence-electron chi connectivity index (χ3n) is 1.58. The first kappa shape index (κ1) is 8.60. The van der Waals surface area contributed by atoms with Crippen molar-refractivity contribution in [3.05, 3.63) is 6.33 Å². The molecule has 0 fully saturated rings. The highest BCUT2D eigenvalue weighted by Crippen LogP contribution is 2.28. The van der Waals surface area contributed by atoms with E-state index < -0.39 is 8.77 Å². The second-order valence-corrected chi connectivity index (χ2v) is 5.10. The summed E-state index contributed by atoms with van der Waals surface area (Å²) in [6.45, 7) is 0.464. The molecule has 2 rings (SSSR count). The Bertz CT molecular complexity index is 444. The monoisotopic (exact) mass is 218 g/mol. The quantitative estimate of drug-likeness (QED) is 0.565. The van der Waals surface area contributed by atoms with E-state index >= 15 is 0 Å². The Morgan fingerprint density at radius 1 is 1.54 bits per heavy atom. The highest BCUT2D eigenvalue weighted by molar-refractivity contribution is 8.29. The minimum Gasteiger partial charge on any atom is -0.363 e. The average Bonchev–Trinajstić information content (AvgIpc) is 2.48. The molecule has 0 saturated heterocycles. The first-order valence-corrected chi connectivity index (χ1v) is 5.83. The molecule has 0 saturated carbocycles. The maximum absolute atomic E-state index is 11.2. The minimum absolute atomic E-state index is 0.0301. The van der Waals surface area contributed by atoms with Crippen molar-refractivity contribution in [1.82, 2.24) is 9.97 Å². The third-order valence-corrected chi connectivity index (χ3v) is 2.85. The Balaban J connectivity index is 2.67. The summed E-state index contributed by atoms with van der Waals surface area (Å²) >= 11 is 4.42. The van der Waals surface area contributed by atoms with Gasteiger partial charge >= 0.3 is 0 Å². The first-order chi connectivity index (χ1) is 6.09. The van der Waals surface area contributed by atoms with Gasteiger partial charge in [0.2, 0.25) is 0 Å². The summed E-state index contributed by atoms with van der Waals surface area (Å²) in [5.74, 6) is 0.511. The molecule has 0 spiro atoms. The van der Waals surface area contributed by atoms with Crippen molar-refractivity contribution >= 4 is 31.5 Å². The summed E-state index contributed by atoms with van der Waals surface area (Å²) in [5, 5.41) is 5.67. The molecule has 3 N–H and O–H groups in total. The summed E-state index contributed by atoms with van der Waals surface area (Å²) in [5.41, 5.74) is 0.421. The molecular weight excluding hydrogens is 212 g/mol. The lowest BCUT2D eigenvalue weighted by molar-refractivity contribution is 0.558. The standard InChI is InChI=1S/C5H6N4O2S2/c10-13(11,12)5-3-4(7-1-6-3)8-2-9-5/h2,6H,1H2,(H,7,8,9)(H,10,11,12). The van der Waals surface area contributed by atoms with Gasteiger partial charge in [-0.1, -0.05) is 0 Å². The number of rotatable bonds is 1. The van der Waals surface area contributed by atoms with E-state index in [9.17, 15) is 4.21 Å². The summed E-state index contributed by atoms with van der Waals surface area (Å²) in [6, 6.07) is 0. The maximum atomic E-state index is 11.2. The lowest BCUT2D eigenvalue weighted by Crippen LogP contribution is -2.04. The van der Waals surface area contributed by atoms with E-state index in [0.717, 1.165) is 0 Å². The number of nitrogens with one attached hydrogen (secondary N) is 2. The van der Waals surface area contributed by atoms with Gasteiger partial charge in [0.25, 0.3) is 0 Å². The predicted molar refractivity (Wildman–Crippen MR) is 50.5 cm³/mol. The molecule has 1 aliphatic heterocycles. The van der Waals surface area contributed by atoms with Gasteiger partial charge in [-0.3, -0.25) is 0 Å². The smallest absolute Gasteiger partial charge is 0.191 e. The molecule has 0 bridgehead atoms. The number of hydrogen-bond donors (Lipinski definition) is 3. The van der Waals surface area contributed by atoms with Crippen LogP contribution in [-0.4, -0.2) is 25.4 Å². The van der Waals surface area contributed by atoms with Crippen LogP contribution in [0.2, 0.25) is 0 Å². The van der Waals surface area contributed by atoms with E-state index in [1.165, 1.54) is 6.33 Å². The van der Waals surface area contributed by atoms with Gasteiger partial charge in [0, 0.05) is 11.2 Å². The van der Waals surface area contributed by atoms with Crippen LogP contribution in [0, 0.1) is 0 Å². The summed E-state index contributed by atoms with van der Waals surface area (Å²) in [7, 11) is -3.45. The topological polar surface area (TPSA) is 87.1 Å². The molecule has 13 heavy (non-hydrogen) atoms.